The van der Waals surface area contributed by atoms with E-state index in [4.69, 9.17) is 0 Å². The zero-order valence-electron chi connectivity index (χ0n) is 11.3. The summed E-state index contributed by atoms with van der Waals surface area (Å²) in [4.78, 5) is 35.9. The van der Waals surface area contributed by atoms with E-state index in [9.17, 15) is 14.4 Å². The quantitative estimate of drug-likeness (QED) is 0.630. The van der Waals surface area contributed by atoms with Crippen molar-refractivity contribution < 1.29 is 14.4 Å². The van der Waals surface area contributed by atoms with Crippen LogP contribution in [0.25, 0.3) is 0 Å². The van der Waals surface area contributed by atoms with Gasteiger partial charge in [0.15, 0.2) is 5.78 Å². The molecule has 100 valence electrons. The maximum atomic E-state index is 12.3. The smallest absolute Gasteiger partial charge is 0.234 e. The molecule has 0 bridgehead atoms. The Hall–Kier alpha value is -2.55. The molecule has 2 aromatic carbocycles. The van der Waals surface area contributed by atoms with Crippen LogP contribution in [0.15, 0.2) is 48.5 Å². The molecule has 0 spiro atoms. The molecule has 2 aromatic rings. The zero-order chi connectivity index (χ0) is 14.7. The van der Waals surface area contributed by atoms with Gasteiger partial charge >= 0.3 is 0 Å². The number of carbonyl (C=O) groups is 3. The second-order valence-electron chi connectivity index (χ2n) is 4.63. The van der Waals surface area contributed by atoms with E-state index >= 15 is 0 Å². The highest BCUT2D eigenvalue weighted by atomic mass is 16.2. The number of benzene rings is 2. The van der Waals surface area contributed by atoms with E-state index in [1.807, 2.05) is 6.92 Å². The van der Waals surface area contributed by atoms with Crippen molar-refractivity contribution in [3.63, 3.8) is 0 Å². The van der Waals surface area contributed by atoms with E-state index in [0.29, 0.717) is 5.56 Å². The largest absolute Gasteiger partial charge is 0.294 e. The van der Waals surface area contributed by atoms with E-state index in [2.05, 4.69) is 0 Å². The van der Waals surface area contributed by atoms with Crippen molar-refractivity contribution in [3.8, 4) is 0 Å². The first-order valence-electron chi connectivity index (χ1n) is 6.26. The first-order chi connectivity index (χ1) is 9.50. The van der Waals surface area contributed by atoms with Gasteiger partial charge in [0.1, 0.15) is 0 Å². The maximum absolute atomic E-state index is 12.3. The van der Waals surface area contributed by atoms with Gasteiger partial charge in [-0.25, -0.2) is 0 Å². The van der Waals surface area contributed by atoms with Crippen LogP contribution in [0.5, 0.6) is 0 Å². The van der Waals surface area contributed by atoms with Crippen LogP contribution in [-0.4, -0.2) is 17.3 Å². The molecule has 3 nitrogen and oxygen atoms in total. The van der Waals surface area contributed by atoms with E-state index in [-0.39, 0.29) is 16.9 Å². The fourth-order valence-electron chi connectivity index (χ4n) is 1.95. The van der Waals surface area contributed by atoms with Gasteiger partial charge in [-0.2, -0.15) is 0 Å². The molecular formula is C17H14O3. The lowest BCUT2D eigenvalue weighted by Gasteiger charge is -2.05. The standard InChI is InChI=1S/C17H14O3/c1-11-7-9-13(10-8-11)16(19)17(20)15-6-4-3-5-14(15)12(2)18/h3-10H,1-2H3. The maximum Gasteiger partial charge on any atom is 0.234 e. The van der Waals surface area contributed by atoms with Crippen molar-refractivity contribution in [1.29, 1.82) is 0 Å². The van der Waals surface area contributed by atoms with Crippen LogP contribution < -0.4 is 0 Å². The molecule has 0 heterocycles. The molecule has 0 aliphatic heterocycles. The third kappa shape index (κ3) is 2.72. The molecule has 0 aromatic heterocycles. The number of rotatable bonds is 4. The van der Waals surface area contributed by atoms with Crippen molar-refractivity contribution in [2.24, 2.45) is 0 Å². The van der Waals surface area contributed by atoms with Crippen LogP contribution in [0.1, 0.15) is 43.6 Å². The molecule has 0 amide bonds. The number of hydrogen-bond donors (Lipinski definition) is 0. The van der Waals surface area contributed by atoms with Crippen molar-refractivity contribution in [2.45, 2.75) is 13.8 Å². The molecule has 0 aliphatic rings. The molecule has 2 rings (SSSR count). The van der Waals surface area contributed by atoms with Crippen LogP contribution in [0.3, 0.4) is 0 Å². The summed E-state index contributed by atoms with van der Waals surface area (Å²) >= 11 is 0. The molecule has 0 N–H and O–H groups in total. The molecule has 20 heavy (non-hydrogen) atoms. The summed E-state index contributed by atoms with van der Waals surface area (Å²) in [7, 11) is 0. The number of Topliss-reactive ketones (excluding diaryl/α,β-unsaturated/α-hetero) is 3. The average molecular weight is 266 g/mol. The van der Waals surface area contributed by atoms with Gasteiger partial charge in [-0.1, -0.05) is 54.1 Å². The summed E-state index contributed by atoms with van der Waals surface area (Å²) in [5.74, 6) is -1.48. The van der Waals surface area contributed by atoms with Gasteiger partial charge in [0.05, 0.1) is 0 Å². The third-order valence-electron chi connectivity index (χ3n) is 3.07. The lowest BCUT2D eigenvalue weighted by atomic mass is 9.95. The van der Waals surface area contributed by atoms with Crippen LogP contribution in [0, 0.1) is 6.92 Å². The molecular weight excluding hydrogens is 252 g/mol. The summed E-state index contributed by atoms with van der Waals surface area (Å²) in [6, 6.07) is 13.2. The Kier molecular flexibility index (Phi) is 3.89. The minimum absolute atomic E-state index is 0.158. The summed E-state index contributed by atoms with van der Waals surface area (Å²) in [6.45, 7) is 3.28. The SMILES string of the molecule is CC(=O)c1ccccc1C(=O)C(=O)c1ccc(C)cc1. The van der Waals surface area contributed by atoms with Crippen LogP contribution in [0.4, 0.5) is 0 Å². The highest BCUT2D eigenvalue weighted by Crippen LogP contribution is 2.14. The Morgan fingerprint density at radius 2 is 1.30 bits per heavy atom. The lowest BCUT2D eigenvalue weighted by molar-refractivity contribution is 0.0815. The molecule has 3 heteroatoms. The number of ketones is 3. The van der Waals surface area contributed by atoms with Gasteiger partial charge in [0.25, 0.3) is 0 Å². The Morgan fingerprint density at radius 3 is 1.85 bits per heavy atom. The number of hydrogen-bond acceptors (Lipinski definition) is 3. The monoisotopic (exact) mass is 266 g/mol. The van der Waals surface area contributed by atoms with Gasteiger partial charge in [0, 0.05) is 16.7 Å². The number of aryl methyl sites for hydroxylation is 1. The summed E-state index contributed by atoms with van der Waals surface area (Å²) in [5.41, 5.74) is 1.78. The fourth-order valence-corrected chi connectivity index (χ4v) is 1.95. The van der Waals surface area contributed by atoms with Gasteiger partial charge in [-0.05, 0) is 13.8 Å². The normalized spacial score (nSPS) is 10.1. The Balaban J connectivity index is 2.39. The van der Waals surface area contributed by atoms with E-state index in [0.717, 1.165) is 5.56 Å². The summed E-state index contributed by atoms with van der Waals surface area (Å²) < 4.78 is 0. The Bertz CT molecular complexity index is 682. The van der Waals surface area contributed by atoms with E-state index in [1.165, 1.54) is 13.0 Å². The first kappa shape index (κ1) is 13.9. The third-order valence-corrected chi connectivity index (χ3v) is 3.07. The Morgan fingerprint density at radius 1 is 0.750 bits per heavy atom. The average Bonchev–Trinajstić information content (AvgIpc) is 2.46. The van der Waals surface area contributed by atoms with Gasteiger partial charge in [0.2, 0.25) is 11.6 Å². The summed E-state index contributed by atoms with van der Waals surface area (Å²) in [5, 5.41) is 0. The minimum Gasteiger partial charge on any atom is -0.294 e. The van der Waals surface area contributed by atoms with E-state index in [1.54, 1.807) is 42.5 Å². The molecule has 0 fully saturated rings. The van der Waals surface area contributed by atoms with Gasteiger partial charge < -0.3 is 0 Å². The summed E-state index contributed by atoms with van der Waals surface area (Å²) in [6.07, 6.45) is 0. The van der Waals surface area contributed by atoms with Crippen LogP contribution >= 0.6 is 0 Å². The number of carbonyl (C=O) groups excluding carboxylic acids is 3. The fraction of sp³-hybridized carbons (Fsp3) is 0.118. The van der Waals surface area contributed by atoms with Crippen molar-refractivity contribution in [3.05, 3.63) is 70.8 Å². The van der Waals surface area contributed by atoms with Crippen LogP contribution in [-0.2, 0) is 0 Å². The van der Waals surface area contributed by atoms with Gasteiger partial charge in [-0.3, -0.25) is 14.4 Å². The predicted molar refractivity (Wildman–Crippen MR) is 76.3 cm³/mol. The molecule has 0 atom stereocenters. The predicted octanol–water partition coefficient (Wildman–Crippen LogP) is 3.26. The molecule has 0 unspecified atom stereocenters. The van der Waals surface area contributed by atoms with Gasteiger partial charge in [-0.15, -0.1) is 0 Å². The highest BCUT2D eigenvalue weighted by molar-refractivity contribution is 6.50. The molecule has 0 radical (unpaired) electrons. The second kappa shape index (κ2) is 5.61. The first-order valence-corrected chi connectivity index (χ1v) is 6.26. The topological polar surface area (TPSA) is 51.2 Å². The molecule has 0 aliphatic carbocycles. The minimum atomic E-state index is -0.653. The van der Waals surface area contributed by atoms with Crippen molar-refractivity contribution >= 4 is 17.3 Å². The zero-order valence-corrected chi connectivity index (χ0v) is 11.3. The second-order valence-corrected chi connectivity index (χ2v) is 4.63. The van der Waals surface area contributed by atoms with Crippen molar-refractivity contribution in [1.82, 2.24) is 0 Å². The Labute approximate surface area is 117 Å². The molecule has 0 saturated carbocycles. The van der Waals surface area contributed by atoms with E-state index < -0.39 is 11.6 Å². The lowest BCUT2D eigenvalue weighted by Crippen LogP contribution is -2.17. The molecule has 0 saturated heterocycles. The van der Waals surface area contributed by atoms with Crippen LogP contribution in [0.2, 0.25) is 0 Å². The highest BCUT2D eigenvalue weighted by Gasteiger charge is 2.21. The van der Waals surface area contributed by atoms with Crippen molar-refractivity contribution in [2.75, 3.05) is 0 Å².